The second-order valence-corrected chi connectivity index (χ2v) is 3.98. The first-order valence-corrected chi connectivity index (χ1v) is 5.54. The summed E-state index contributed by atoms with van der Waals surface area (Å²) < 4.78 is 16.5. The summed E-state index contributed by atoms with van der Waals surface area (Å²) in [6.07, 6.45) is 0.629. The lowest BCUT2D eigenvalue weighted by Gasteiger charge is -1.92. The average molecular weight is 214 g/mol. The van der Waals surface area contributed by atoms with Crippen LogP contribution in [0.1, 0.15) is 6.42 Å². The molecule has 5 heteroatoms. The first-order valence-electron chi connectivity index (χ1n) is 4.37. The summed E-state index contributed by atoms with van der Waals surface area (Å²) in [7, 11) is -1.75. The van der Waals surface area contributed by atoms with E-state index in [2.05, 4.69) is 0 Å². The summed E-state index contributed by atoms with van der Waals surface area (Å²) in [5.74, 6) is 0. The minimum atomic E-state index is -1.75. The third-order valence-corrected chi connectivity index (χ3v) is 2.75. The molecule has 0 saturated heterocycles. The minimum absolute atomic E-state index is 0.373. The van der Waals surface area contributed by atoms with Crippen molar-refractivity contribution in [2.24, 2.45) is 0 Å². The molecule has 1 unspecified atom stereocenters. The van der Waals surface area contributed by atoms with Crippen LogP contribution in [0.4, 0.5) is 0 Å². The van der Waals surface area contributed by atoms with Crippen LogP contribution in [0.15, 0.2) is 30.3 Å². The number of hydroxylamine groups is 1. The van der Waals surface area contributed by atoms with Crippen LogP contribution in [0.25, 0.3) is 0 Å². The van der Waals surface area contributed by atoms with Crippen LogP contribution in [0.3, 0.4) is 0 Å². The van der Waals surface area contributed by atoms with Crippen molar-refractivity contribution in [3.63, 3.8) is 0 Å². The third-order valence-electron chi connectivity index (χ3n) is 1.61. The Kier molecular flexibility index (Phi) is 5.33. The van der Waals surface area contributed by atoms with E-state index in [9.17, 15) is 4.57 Å². The Morgan fingerprint density at radius 2 is 2.07 bits per heavy atom. The quantitative estimate of drug-likeness (QED) is 0.427. The topological polar surface area (TPSA) is 58.6 Å². The van der Waals surface area contributed by atoms with Gasteiger partial charge in [0.25, 0.3) is 0 Å². The van der Waals surface area contributed by atoms with E-state index in [1.165, 1.54) is 0 Å². The highest BCUT2D eigenvalue weighted by Crippen LogP contribution is 2.20. The van der Waals surface area contributed by atoms with Gasteiger partial charge in [-0.05, 0) is 23.1 Å². The Morgan fingerprint density at radius 1 is 1.36 bits per heavy atom. The van der Waals surface area contributed by atoms with Gasteiger partial charge < -0.3 is 5.21 Å². The molecule has 0 amide bonds. The van der Waals surface area contributed by atoms with Gasteiger partial charge in [-0.1, -0.05) is 18.2 Å². The molecule has 1 aromatic rings. The maximum Gasteiger partial charge on any atom is 0.548 e. The van der Waals surface area contributed by atoms with E-state index >= 15 is 0 Å². The first kappa shape index (κ1) is 11.3. The zero-order valence-electron chi connectivity index (χ0n) is 7.72. The Bertz CT molecular complexity index is 279. The van der Waals surface area contributed by atoms with E-state index in [0.29, 0.717) is 24.9 Å². The molecule has 76 valence electrons. The van der Waals surface area contributed by atoms with Crippen LogP contribution in [-0.4, -0.2) is 18.4 Å². The Morgan fingerprint density at radius 3 is 2.71 bits per heavy atom. The fraction of sp³-hybridized carbons (Fsp3) is 0.333. The van der Waals surface area contributed by atoms with Crippen molar-refractivity contribution < 1.29 is 14.3 Å². The molecular formula is C9H13NO3P+. The van der Waals surface area contributed by atoms with Crippen molar-refractivity contribution in [1.29, 1.82) is 0 Å². The Hall–Kier alpha value is -0.800. The molecule has 1 aromatic carbocycles. The summed E-state index contributed by atoms with van der Waals surface area (Å²) in [5.41, 5.74) is 2.01. The van der Waals surface area contributed by atoms with Gasteiger partial charge in [-0.25, -0.2) is 5.48 Å². The molecule has 0 aromatic heterocycles. The van der Waals surface area contributed by atoms with Gasteiger partial charge >= 0.3 is 8.03 Å². The van der Waals surface area contributed by atoms with Crippen LogP contribution in [0.5, 0.6) is 0 Å². The monoisotopic (exact) mass is 214 g/mol. The van der Waals surface area contributed by atoms with E-state index < -0.39 is 8.03 Å². The van der Waals surface area contributed by atoms with Crippen LogP contribution >= 0.6 is 8.03 Å². The summed E-state index contributed by atoms with van der Waals surface area (Å²) >= 11 is 0. The fourth-order valence-corrected chi connectivity index (χ4v) is 1.78. The summed E-state index contributed by atoms with van der Waals surface area (Å²) in [5, 5.41) is 8.96. The van der Waals surface area contributed by atoms with Gasteiger partial charge in [-0.3, -0.25) is 0 Å². The first-order chi connectivity index (χ1) is 6.84. The van der Waals surface area contributed by atoms with Crippen molar-refractivity contribution in [3.05, 3.63) is 30.3 Å². The molecular weight excluding hydrogens is 201 g/mol. The van der Waals surface area contributed by atoms with E-state index in [-0.39, 0.29) is 0 Å². The Balaban J connectivity index is 2.29. The molecule has 0 fully saturated rings. The van der Waals surface area contributed by atoms with Gasteiger partial charge in [-0.15, -0.1) is 4.52 Å². The van der Waals surface area contributed by atoms with E-state index in [1.807, 2.05) is 23.7 Å². The smallest absolute Gasteiger partial charge is 0.317 e. The predicted octanol–water partition coefficient (Wildman–Crippen LogP) is 1.44. The maximum absolute atomic E-state index is 11.5. The second kappa shape index (κ2) is 6.62. The molecule has 14 heavy (non-hydrogen) atoms. The molecule has 0 bridgehead atoms. The SMILES string of the molecule is O=[P+](OCCCNO)c1ccccc1. The summed E-state index contributed by atoms with van der Waals surface area (Å²) in [6.45, 7) is 0.815. The fourth-order valence-electron chi connectivity index (χ4n) is 0.923. The molecule has 0 aliphatic heterocycles. The molecule has 1 atom stereocenters. The third kappa shape index (κ3) is 3.94. The van der Waals surface area contributed by atoms with Gasteiger partial charge in [-0.2, -0.15) is 0 Å². The van der Waals surface area contributed by atoms with E-state index in [0.717, 1.165) is 0 Å². The van der Waals surface area contributed by atoms with E-state index in [1.54, 1.807) is 12.1 Å². The van der Waals surface area contributed by atoms with Gasteiger partial charge in [0.05, 0.1) is 0 Å². The highest BCUT2D eigenvalue weighted by Gasteiger charge is 2.20. The zero-order chi connectivity index (χ0) is 10.2. The van der Waals surface area contributed by atoms with Crippen LogP contribution in [0.2, 0.25) is 0 Å². The van der Waals surface area contributed by atoms with E-state index in [4.69, 9.17) is 9.73 Å². The second-order valence-electron chi connectivity index (χ2n) is 2.69. The molecule has 4 nitrogen and oxygen atoms in total. The lowest BCUT2D eigenvalue weighted by atomic mass is 10.4. The molecule has 2 N–H and O–H groups in total. The van der Waals surface area contributed by atoms with Gasteiger partial charge in [0.15, 0.2) is 0 Å². The van der Waals surface area contributed by atoms with Crippen molar-refractivity contribution in [3.8, 4) is 0 Å². The molecule has 0 heterocycles. The number of rotatable bonds is 6. The highest BCUT2D eigenvalue weighted by molar-refractivity contribution is 7.48. The Labute approximate surface area is 83.7 Å². The van der Waals surface area contributed by atoms with Crippen LogP contribution in [0, 0.1) is 0 Å². The van der Waals surface area contributed by atoms with Gasteiger partial charge in [0.1, 0.15) is 6.61 Å². The van der Waals surface area contributed by atoms with Crippen molar-refractivity contribution in [1.82, 2.24) is 5.48 Å². The molecule has 0 aliphatic rings. The number of hydrogen-bond donors (Lipinski definition) is 2. The highest BCUT2D eigenvalue weighted by atomic mass is 31.1. The average Bonchev–Trinajstić information content (AvgIpc) is 2.25. The van der Waals surface area contributed by atoms with Crippen LogP contribution in [-0.2, 0) is 9.09 Å². The lowest BCUT2D eigenvalue weighted by Crippen LogP contribution is -2.10. The maximum atomic E-state index is 11.5. The van der Waals surface area contributed by atoms with Crippen molar-refractivity contribution in [2.75, 3.05) is 13.2 Å². The predicted molar refractivity (Wildman–Crippen MR) is 54.0 cm³/mol. The van der Waals surface area contributed by atoms with Gasteiger partial charge in [0, 0.05) is 6.54 Å². The number of benzene rings is 1. The molecule has 0 aliphatic carbocycles. The minimum Gasteiger partial charge on any atom is -0.317 e. The normalized spacial score (nSPS) is 11.4. The van der Waals surface area contributed by atoms with Crippen LogP contribution < -0.4 is 10.8 Å². The lowest BCUT2D eigenvalue weighted by molar-refractivity contribution is 0.158. The molecule has 0 saturated carbocycles. The molecule has 0 spiro atoms. The van der Waals surface area contributed by atoms with Crippen molar-refractivity contribution in [2.45, 2.75) is 6.42 Å². The standard InChI is InChI=1S/C9H13NO3P/c11-10-7-4-8-13-14(12)9-5-2-1-3-6-9/h1-3,5-6,10-11H,4,7-8H2/q+1. The summed E-state index contributed by atoms with van der Waals surface area (Å²) in [4.78, 5) is 0. The molecule has 1 rings (SSSR count). The zero-order valence-corrected chi connectivity index (χ0v) is 8.61. The van der Waals surface area contributed by atoms with Gasteiger partial charge in [0.2, 0.25) is 5.30 Å². The largest absolute Gasteiger partial charge is 0.548 e. The van der Waals surface area contributed by atoms with Crippen molar-refractivity contribution >= 4 is 13.3 Å². The molecule has 0 radical (unpaired) electrons. The summed E-state index contributed by atoms with van der Waals surface area (Å²) in [6, 6.07) is 9.04. The number of hydrogen-bond acceptors (Lipinski definition) is 4. The number of nitrogens with one attached hydrogen (secondary N) is 1.